The Morgan fingerprint density at radius 2 is 2.30 bits per heavy atom. The number of ether oxygens (including phenoxy) is 1. The van der Waals surface area contributed by atoms with Crippen molar-refractivity contribution in [2.75, 3.05) is 13.7 Å². The molecule has 1 aliphatic heterocycles. The highest BCUT2D eigenvalue weighted by molar-refractivity contribution is 5.40. The molecule has 0 bridgehead atoms. The Morgan fingerprint density at radius 3 is 2.95 bits per heavy atom. The quantitative estimate of drug-likeness (QED) is 0.915. The van der Waals surface area contributed by atoms with Crippen LogP contribution in [-0.4, -0.2) is 28.1 Å². The van der Waals surface area contributed by atoms with Gasteiger partial charge in [0.05, 0.1) is 13.7 Å². The number of imidazole rings is 1. The average Bonchev–Trinajstić information content (AvgIpc) is 3.02. The monoisotopic (exact) mass is 272 g/mol. The number of fused-ring (bicyclic) bond motifs is 1. The number of rotatable bonds is 4. The number of benzene rings is 1. The number of methoxy groups -OCH3 is 1. The molecule has 1 unspecified atom stereocenters. The van der Waals surface area contributed by atoms with E-state index in [1.165, 1.54) is 11.1 Å². The van der Waals surface area contributed by atoms with Crippen molar-refractivity contribution in [1.82, 2.24) is 14.5 Å². The molecule has 0 saturated heterocycles. The van der Waals surface area contributed by atoms with Crippen LogP contribution in [0.5, 0.6) is 5.75 Å². The summed E-state index contributed by atoms with van der Waals surface area (Å²) in [6.07, 6.45) is 3.80. The Hall–Kier alpha value is -1.85. The van der Waals surface area contributed by atoms with Crippen LogP contribution in [0.2, 0.25) is 0 Å². The summed E-state index contributed by atoms with van der Waals surface area (Å²) in [5.74, 6) is 1.95. The molecule has 1 aliphatic rings. The van der Waals surface area contributed by atoms with E-state index in [1.807, 2.05) is 25.5 Å². The van der Waals surface area contributed by atoms with E-state index < -0.39 is 0 Å². The second kappa shape index (κ2) is 5.26. The van der Waals surface area contributed by atoms with Crippen molar-refractivity contribution in [2.24, 2.45) is 12.8 Å². The molecule has 0 aliphatic carbocycles. The van der Waals surface area contributed by atoms with Crippen LogP contribution in [0.25, 0.3) is 0 Å². The lowest BCUT2D eigenvalue weighted by atomic mass is 10.0. The standard InChI is InChI=1S/C15H20N4O/c1-18-6-5-17-15(18)10-19-9-11-3-4-12(20-2)7-13(11)14(19)8-16/h3-7,14H,8-10,16H2,1-2H3. The summed E-state index contributed by atoms with van der Waals surface area (Å²) in [5.41, 5.74) is 8.60. The van der Waals surface area contributed by atoms with Gasteiger partial charge >= 0.3 is 0 Å². The summed E-state index contributed by atoms with van der Waals surface area (Å²) < 4.78 is 7.37. The molecule has 106 valence electrons. The van der Waals surface area contributed by atoms with Crippen LogP contribution < -0.4 is 10.5 Å². The van der Waals surface area contributed by atoms with Gasteiger partial charge in [-0.1, -0.05) is 6.07 Å². The highest BCUT2D eigenvalue weighted by Gasteiger charge is 2.30. The lowest BCUT2D eigenvalue weighted by molar-refractivity contribution is 0.203. The van der Waals surface area contributed by atoms with Gasteiger partial charge < -0.3 is 15.0 Å². The van der Waals surface area contributed by atoms with Crippen molar-refractivity contribution in [3.8, 4) is 5.75 Å². The molecule has 5 heteroatoms. The van der Waals surface area contributed by atoms with E-state index in [-0.39, 0.29) is 6.04 Å². The van der Waals surface area contributed by atoms with Gasteiger partial charge in [0.15, 0.2) is 0 Å². The van der Waals surface area contributed by atoms with E-state index in [1.54, 1.807) is 7.11 Å². The molecular formula is C15H20N4O. The molecule has 0 radical (unpaired) electrons. The van der Waals surface area contributed by atoms with Crippen molar-refractivity contribution in [3.63, 3.8) is 0 Å². The van der Waals surface area contributed by atoms with E-state index in [0.29, 0.717) is 6.54 Å². The molecular weight excluding hydrogens is 252 g/mol. The normalized spacial score (nSPS) is 18.2. The predicted octanol–water partition coefficient (Wildman–Crippen LogP) is 1.44. The van der Waals surface area contributed by atoms with E-state index in [0.717, 1.165) is 24.7 Å². The van der Waals surface area contributed by atoms with Gasteiger partial charge in [0.2, 0.25) is 0 Å². The van der Waals surface area contributed by atoms with Gasteiger partial charge in [0.1, 0.15) is 11.6 Å². The van der Waals surface area contributed by atoms with Crippen LogP contribution in [0.3, 0.4) is 0 Å². The summed E-state index contributed by atoms with van der Waals surface area (Å²) in [5, 5.41) is 0. The van der Waals surface area contributed by atoms with Gasteiger partial charge in [-0.25, -0.2) is 4.98 Å². The zero-order valence-corrected chi connectivity index (χ0v) is 11.9. The minimum atomic E-state index is 0.233. The lowest BCUT2D eigenvalue weighted by Gasteiger charge is -2.23. The molecule has 0 amide bonds. The van der Waals surface area contributed by atoms with Crippen LogP contribution >= 0.6 is 0 Å². The Labute approximate surface area is 119 Å². The molecule has 1 atom stereocenters. The SMILES string of the molecule is COc1ccc2c(c1)C(CN)N(Cc1nccn1C)C2. The van der Waals surface area contributed by atoms with Gasteiger partial charge in [0.25, 0.3) is 0 Å². The Morgan fingerprint density at radius 1 is 1.45 bits per heavy atom. The first-order valence-corrected chi connectivity index (χ1v) is 6.80. The summed E-state index contributed by atoms with van der Waals surface area (Å²) in [6, 6.07) is 6.48. The van der Waals surface area contributed by atoms with Gasteiger partial charge in [-0.05, 0) is 23.3 Å². The van der Waals surface area contributed by atoms with Gasteiger partial charge in [-0.2, -0.15) is 0 Å². The number of nitrogens with two attached hydrogens (primary N) is 1. The predicted molar refractivity (Wildman–Crippen MR) is 77.2 cm³/mol. The molecule has 0 fully saturated rings. The largest absolute Gasteiger partial charge is 0.497 e. The first-order chi connectivity index (χ1) is 9.72. The smallest absolute Gasteiger partial charge is 0.122 e. The Balaban J connectivity index is 1.87. The zero-order valence-electron chi connectivity index (χ0n) is 11.9. The molecule has 2 aromatic rings. The molecule has 1 aromatic heterocycles. The molecule has 0 spiro atoms. The third kappa shape index (κ3) is 2.19. The molecule has 5 nitrogen and oxygen atoms in total. The second-order valence-electron chi connectivity index (χ2n) is 5.18. The van der Waals surface area contributed by atoms with E-state index in [4.69, 9.17) is 10.5 Å². The zero-order chi connectivity index (χ0) is 14.1. The van der Waals surface area contributed by atoms with E-state index in [9.17, 15) is 0 Å². The summed E-state index contributed by atoms with van der Waals surface area (Å²) in [6.45, 7) is 2.32. The van der Waals surface area contributed by atoms with Crippen molar-refractivity contribution < 1.29 is 4.74 Å². The number of aryl methyl sites for hydroxylation is 1. The second-order valence-corrected chi connectivity index (χ2v) is 5.18. The first-order valence-electron chi connectivity index (χ1n) is 6.80. The highest BCUT2D eigenvalue weighted by Crippen LogP contribution is 2.36. The van der Waals surface area contributed by atoms with Gasteiger partial charge in [-0.3, -0.25) is 4.90 Å². The van der Waals surface area contributed by atoms with Crippen molar-refractivity contribution >= 4 is 0 Å². The van der Waals surface area contributed by atoms with Crippen LogP contribution in [0.1, 0.15) is 23.0 Å². The molecule has 2 heterocycles. The average molecular weight is 272 g/mol. The summed E-state index contributed by atoms with van der Waals surface area (Å²) >= 11 is 0. The maximum Gasteiger partial charge on any atom is 0.122 e. The fraction of sp³-hybridized carbons (Fsp3) is 0.400. The highest BCUT2D eigenvalue weighted by atomic mass is 16.5. The number of nitrogens with zero attached hydrogens (tertiary/aromatic N) is 3. The van der Waals surface area contributed by atoms with Crippen LogP contribution in [-0.2, 0) is 20.1 Å². The molecule has 0 saturated carbocycles. The fourth-order valence-electron chi connectivity index (χ4n) is 2.85. The number of aromatic nitrogens is 2. The Kier molecular flexibility index (Phi) is 3.46. The fourth-order valence-corrected chi connectivity index (χ4v) is 2.85. The number of hydrogen-bond acceptors (Lipinski definition) is 4. The summed E-state index contributed by atoms with van der Waals surface area (Å²) in [7, 11) is 3.71. The van der Waals surface area contributed by atoms with E-state index in [2.05, 4.69) is 26.6 Å². The summed E-state index contributed by atoms with van der Waals surface area (Å²) in [4.78, 5) is 6.77. The maximum absolute atomic E-state index is 5.99. The number of hydrogen-bond donors (Lipinski definition) is 1. The third-order valence-corrected chi connectivity index (χ3v) is 4.01. The molecule has 1 aromatic carbocycles. The van der Waals surface area contributed by atoms with Crippen LogP contribution in [0.4, 0.5) is 0 Å². The first kappa shape index (κ1) is 13.1. The van der Waals surface area contributed by atoms with Gasteiger partial charge in [-0.15, -0.1) is 0 Å². The van der Waals surface area contributed by atoms with Crippen molar-refractivity contribution in [2.45, 2.75) is 19.1 Å². The van der Waals surface area contributed by atoms with Crippen molar-refractivity contribution in [1.29, 1.82) is 0 Å². The van der Waals surface area contributed by atoms with E-state index >= 15 is 0 Å². The lowest BCUT2D eigenvalue weighted by Crippen LogP contribution is -2.28. The minimum Gasteiger partial charge on any atom is -0.497 e. The molecule has 20 heavy (non-hydrogen) atoms. The van der Waals surface area contributed by atoms with Crippen molar-refractivity contribution in [3.05, 3.63) is 47.5 Å². The Bertz CT molecular complexity index is 608. The van der Waals surface area contributed by atoms with Gasteiger partial charge in [0, 0.05) is 38.6 Å². The van der Waals surface area contributed by atoms with Crippen LogP contribution in [0.15, 0.2) is 30.6 Å². The van der Waals surface area contributed by atoms with Crippen LogP contribution in [0, 0.1) is 0 Å². The molecule has 3 rings (SSSR count). The third-order valence-electron chi connectivity index (χ3n) is 4.01. The molecule has 2 N–H and O–H groups in total. The maximum atomic E-state index is 5.99. The topological polar surface area (TPSA) is 56.3 Å². The minimum absolute atomic E-state index is 0.233.